The Kier molecular flexibility index (Phi) is 2.54. The summed E-state index contributed by atoms with van der Waals surface area (Å²) in [6.45, 7) is 0. The van der Waals surface area contributed by atoms with Gasteiger partial charge < -0.3 is 5.11 Å². The topological polar surface area (TPSA) is 54.4 Å². The zero-order valence-corrected chi connectivity index (χ0v) is 7.47. The van der Waals surface area contributed by atoms with Crippen LogP contribution in [0.25, 0.3) is 0 Å². The summed E-state index contributed by atoms with van der Waals surface area (Å²) >= 11 is 0. The SMILES string of the molecule is CS(=O)(=O)CCC1CC(O)C1. The molecule has 1 aliphatic carbocycles. The maximum atomic E-state index is 10.7. The standard InChI is InChI=1S/C7H14O3S/c1-11(9,10)3-2-6-4-7(8)5-6/h6-8H,2-5H2,1H3. The molecule has 4 heteroatoms. The molecule has 0 aromatic carbocycles. The summed E-state index contributed by atoms with van der Waals surface area (Å²) < 4.78 is 21.4. The summed E-state index contributed by atoms with van der Waals surface area (Å²) in [6, 6.07) is 0. The summed E-state index contributed by atoms with van der Waals surface area (Å²) in [7, 11) is -2.79. The third-order valence-corrected chi connectivity index (χ3v) is 3.08. The highest BCUT2D eigenvalue weighted by Crippen LogP contribution is 2.30. The lowest BCUT2D eigenvalue weighted by Crippen LogP contribution is -2.29. The molecule has 11 heavy (non-hydrogen) atoms. The van der Waals surface area contributed by atoms with Crippen LogP contribution in [0.15, 0.2) is 0 Å². The van der Waals surface area contributed by atoms with E-state index in [0.717, 1.165) is 19.3 Å². The van der Waals surface area contributed by atoms with Crippen LogP contribution in [0.2, 0.25) is 0 Å². The number of aliphatic hydroxyl groups excluding tert-OH is 1. The van der Waals surface area contributed by atoms with Gasteiger partial charge in [-0.2, -0.15) is 0 Å². The van der Waals surface area contributed by atoms with E-state index in [1.165, 1.54) is 6.26 Å². The molecule has 0 amide bonds. The van der Waals surface area contributed by atoms with Gasteiger partial charge in [-0.05, 0) is 25.2 Å². The summed E-state index contributed by atoms with van der Waals surface area (Å²) in [4.78, 5) is 0. The second-order valence-electron chi connectivity index (χ2n) is 3.41. The Hall–Kier alpha value is -0.0900. The van der Waals surface area contributed by atoms with Gasteiger partial charge in [0.05, 0.1) is 11.9 Å². The minimum Gasteiger partial charge on any atom is -0.393 e. The molecule has 1 aliphatic rings. The zero-order chi connectivity index (χ0) is 8.48. The number of sulfone groups is 1. The highest BCUT2D eigenvalue weighted by molar-refractivity contribution is 7.90. The molecule has 0 bridgehead atoms. The van der Waals surface area contributed by atoms with E-state index < -0.39 is 9.84 Å². The molecule has 1 saturated carbocycles. The van der Waals surface area contributed by atoms with E-state index in [1.807, 2.05) is 0 Å². The van der Waals surface area contributed by atoms with Gasteiger partial charge in [-0.15, -0.1) is 0 Å². The Bertz CT molecular complexity index is 214. The molecule has 1 N–H and O–H groups in total. The van der Waals surface area contributed by atoms with Gasteiger partial charge in [-0.3, -0.25) is 0 Å². The van der Waals surface area contributed by atoms with Crippen LogP contribution in [0.5, 0.6) is 0 Å². The minimum atomic E-state index is -2.79. The predicted molar refractivity (Wildman–Crippen MR) is 43.1 cm³/mol. The predicted octanol–water partition coefficient (Wildman–Crippen LogP) is 0.192. The number of aliphatic hydroxyl groups is 1. The smallest absolute Gasteiger partial charge is 0.147 e. The van der Waals surface area contributed by atoms with Crippen LogP contribution in [0, 0.1) is 5.92 Å². The fourth-order valence-corrected chi connectivity index (χ4v) is 2.08. The quantitative estimate of drug-likeness (QED) is 0.671. The molecule has 0 radical (unpaired) electrons. The monoisotopic (exact) mass is 178 g/mol. The molecule has 3 nitrogen and oxygen atoms in total. The summed E-state index contributed by atoms with van der Waals surface area (Å²) in [5, 5.41) is 8.90. The third-order valence-electron chi connectivity index (χ3n) is 2.11. The number of hydrogen-bond donors (Lipinski definition) is 1. The molecule has 0 aromatic heterocycles. The van der Waals surface area contributed by atoms with Crippen molar-refractivity contribution in [3.63, 3.8) is 0 Å². The Balaban J connectivity index is 2.15. The summed E-state index contributed by atoms with van der Waals surface area (Å²) in [6.07, 6.45) is 3.38. The first-order chi connectivity index (χ1) is 4.97. The van der Waals surface area contributed by atoms with Crippen LogP contribution in [-0.4, -0.2) is 31.6 Å². The maximum absolute atomic E-state index is 10.7. The lowest BCUT2D eigenvalue weighted by Gasteiger charge is -2.30. The van der Waals surface area contributed by atoms with E-state index in [1.54, 1.807) is 0 Å². The lowest BCUT2D eigenvalue weighted by molar-refractivity contribution is 0.0417. The summed E-state index contributed by atoms with van der Waals surface area (Å²) in [5.41, 5.74) is 0. The molecule has 0 aromatic rings. The lowest BCUT2D eigenvalue weighted by atomic mass is 9.81. The molecular formula is C7H14O3S. The zero-order valence-electron chi connectivity index (χ0n) is 6.66. The van der Waals surface area contributed by atoms with Gasteiger partial charge in [-0.25, -0.2) is 8.42 Å². The molecule has 0 saturated heterocycles. The van der Waals surface area contributed by atoms with Crippen LogP contribution in [0.1, 0.15) is 19.3 Å². The van der Waals surface area contributed by atoms with Gasteiger partial charge in [0.2, 0.25) is 0 Å². The van der Waals surface area contributed by atoms with E-state index >= 15 is 0 Å². The van der Waals surface area contributed by atoms with Gasteiger partial charge in [0.15, 0.2) is 0 Å². The molecule has 66 valence electrons. The molecule has 1 rings (SSSR count). The third kappa shape index (κ3) is 3.20. The van der Waals surface area contributed by atoms with Crippen molar-refractivity contribution in [1.29, 1.82) is 0 Å². The Morgan fingerprint density at radius 1 is 1.45 bits per heavy atom. The maximum Gasteiger partial charge on any atom is 0.147 e. The van der Waals surface area contributed by atoms with Crippen LogP contribution in [0.4, 0.5) is 0 Å². The van der Waals surface area contributed by atoms with E-state index in [4.69, 9.17) is 5.11 Å². The van der Waals surface area contributed by atoms with Crippen LogP contribution in [0.3, 0.4) is 0 Å². The van der Waals surface area contributed by atoms with E-state index in [0.29, 0.717) is 5.92 Å². The van der Waals surface area contributed by atoms with E-state index in [2.05, 4.69) is 0 Å². The number of rotatable bonds is 3. The molecule has 0 spiro atoms. The first-order valence-corrected chi connectivity index (χ1v) is 5.89. The first-order valence-electron chi connectivity index (χ1n) is 3.83. The fourth-order valence-electron chi connectivity index (χ4n) is 1.32. The van der Waals surface area contributed by atoms with E-state index in [9.17, 15) is 8.42 Å². The van der Waals surface area contributed by atoms with Crippen LogP contribution >= 0.6 is 0 Å². The van der Waals surface area contributed by atoms with Crippen molar-refractivity contribution in [1.82, 2.24) is 0 Å². The van der Waals surface area contributed by atoms with Gasteiger partial charge in [-0.1, -0.05) is 0 Å². The average molecular weight is 178 g/mol. The largest absolute Gasteiger partial charge is 0.393 e. The molecular weight excluding hydrogens is 164 g/mol. The summed E-state index contributed by atoms with van der Waals surface area (Å²) in [5.74, 6) is 0.712. The molecule has 0 unspecified atom stereocenters. The van der Waals surface area contributed by atoms with Crippen molar-refractivity contribution in [2.24, 2.45) is 5.92 Å². The van der Waals surface area contributed by atoms with Gasteiger partial charge in [0.25, 0.3) is 0 Å². The normalized spacial score (nSPS) is 31.5. The molecule has 0 heterocycles. The Morgan fingerprint density at radius 3 is 2.36 bits per heavy atom. The molecule has 0 aliphatic heterocycles. The van der Waals surface area contributed by atoms with Crippen molar-refractivity contribution in [3.05, 3.63) is 0 Å². The number of hydrogen-bond acceptors (Lipinski definition) is 3. The second kappa shape index (κ2) is 3.11. The van der Waals surface area contributed by atoms with Crippen LogP contribution in [-0.2, 0) is 9.84 Å². The molecule has 1 fully saturated rings. The Labute approximate surface area is 67.3 Å². The van der Waals surface area contributed by atoms with Crippen molar-refractivity contribution in [3.8, 4) is 0 Å². The van der Waals surface area contributed by atoms with E-state index in [-0.39, 0.29) is 11.9 Å². The van der Waals surface area contributed by atoms with Gasteiger partial charge in [0, 0.05) is 6.26 Å². The van der Waals surface area contributed by atoms with Gasteiger partial charge >= 0.3 is 0 Å². The van der Waals surface area contributed by atoms with Gasteiger partial charge in [0.1, 0.15) is 9.84 Å². The minimum absolute atomic E-state index is 0.167. The first kappa shape index (κ1) is 9.00. The van der Waals surface area contributed by atoms with Crippen molar-refractivity contribution >= 4 is 9.84 Å². The highest BCUT2D eigenvalue weighted by Gasteiger charge is 2.27. The van der Waals surface area contributed by atoms with Crippen molar-refractivity contribution in [2.75, 3.05) is 12.0 Å². The van der Waals surface area contributed by atoms with Crippen molar-refractivity contribution < 1.29 is 13.5 Å². The highest BCUT2D eigenvalue weighted by atomic mass is 32.2. The van der Waals surface area contributed by atoms with Crippen molar-refractivity contribution in [2.45, 2.75) is 25.4 Å². The average Bonchev–Trinajstić information content (AvgIpc) is 1.75. The fraction of sp³-hybridized carbons (Fsp3) is 1.00. The molecule has 0 atom stereocenters. The van der Waals surface area contributed by atoms with Crippen LogP contribution < -0.4 is 0 Å². The second-order valence-corrected chi connectivity index (χ2v) is 5.67. The Morgan fingerprint density at radius 2 is 2.00 bits per heavy atom.